The van der Waals surface area contributed by atoms with E-state index in [1.54, 1.807) is 12.1 Å². The smallest absolute Gasteiger partial charge is 0.261 e. The van der Waals surface area contributed by atoms with E-state index in [4.69, 9.17) is 20.9 Å². The third-order valence-corrected chi connectivity index (χ3v) is 3.08. The zero-order valence-corrected chi connectivity index (χ0v) is 10.2. The summed E-state index contributed by atoms with van der Waals surface area (Å²) in [7, 11) is 0. The largest absolute Gasteiger partial charge is 0.507 e. The first-order valence-electron chi connectivity index (χ1n) is 5.68. The Bertz CT molecular complexity index is 564. The van der Waals surface area contributed by atoms with Gasteiger partial charge in [0.2, 0.25) is 5.82 Å². The van der Waals surface area contributed by atoms with Gasteiger partial charge in [-0.15, -0.1) is 0 Å². The summed E-state index contributed by atoms with van der Waals surface area (Å²) in [6.45, 7) is 0.719. The number of benzene rings is 1. The summed E-state index contributed by atoms with van der Waals surface area (Å²) >= 11 is 5.87. The van der Waals surface area contributed by atoms with Crippen molar-refractivity contribution in [2.75, 3.05) is 6.61 Å². The van der Waals surface area contributed by atoms with Crippen molar-refractivity contribution in [2.24, 2.45) is 0 Å². The van der Waals surface area contributed by atoms with Crippen LogP contribution in [0.5, 0.6) is 5.75 Å². The molecule has 1 fully saturated rings. The Hall–Kier alpha value is -1.59. The fourth-order valence-electron chi connectivity index (χ4n) is 1.94. The molecule has 1 saturated heterocycles. The van der Waals surface area contributed by atoms with Crippen LogP contribution >= 0.6 is 11.6 Å². The Morgan fingerprint density at radius 3 is 3.06 bits per heavy atom. The maximum atomic E-state index is 9.75. The van der Waals surface area contributed by atoms with E-state index in [0.717, 1.165) is 19.4 Å². The Kier molecular flexibility index (Phi) is 2.93. The topological polar surface area (TPSA) is 68.4 Å². The van der Waals surface area contributed by atoms with E-state index in [2.05, 4.69) is 10.1 Å². The van der Waals surface area contributed by atoms with Gasteiger partial charge in [-0.2, -0.15) is 4.98 Å². The maximum Gasteiger partial charge on any atom is 0.261 e. The lowest BCUT2D eigenvalue weighted by molar-refractivity contribution is 0.103. The van der Waals surface area contributed by atoms with E-state index in [0.29, 0.717) is 16.4 Å². The highest BCUT2D eigenvalue weighted by molar-refractivity contribution is 6.30. The number of hydrogen-bond acceptors (Lipinski definition) is 5. The summed E-state index contributed by atoms with van der Waals surface area (Å²) in [5.41, 5.74) is 0.430. The van der Waals surface area contributed by atoms with Crippen LogP contribution in [-0.4, -0.2) is 21.9 Å². The molecule has 2 aromatic rings. The summed E-state index contributed by atoms with van der Waals surface area (Å²) in [4.78, 5) is 4.24. The van der Waals surface area contributed by atoms with Crippen molar-refractivity contribution in [1.29, 1.82) is 0 Å². The predicted molar refractivity (Wildman–Crippen MR) is 64.3 cm³/mol. The summed E-state index contributed by atoms with van der Waals surface area (Å²) in [5, 5.41) is 14.1. The lowest BCUT2D eigenvalue weighted by Crippen LogP contribution is -1.97. The monoisotopic (exact) mass is 266 g/mol. The normalized spacial score (nSPS) is 19.3. The number of nitrogens with zero attached hydrogens (tertiary/aromatic N) is 2. The molecular formula is C12H11ClN2O3. The van der Waals surface area contributed by atoms with Crippen molar-refractivity contribution < 1.29 is 14.4 Å². The lowest BCUT2D eigenvalue weighted by atomic mass is 10.2. The minimum atomic E-state index is -0.108. The second kappa shape index (κ2) is 4.59. The first-order chi connectivity index (χ1) is 8.74. The summed E-state index contributed by atoms with van der Waals surface area (Å²) in [5.74, 6) is 0.823. The van der Waals surface area contributed by atoms with Crippen LogP contribution < -0.4 is 0 Å². The van der Waals surface area contributed by atoms with E-state index in [9.17, 15) is 5.11 Å². The number of aromatic hydroxyl groups is 1. The average Bonchev–Trinajstić information content (AvgIpc) is 3.00. The molecule has 0 saturated carbocycles. The lowest BCUT2D eigenvalue weighted by Gasteiger charge is -2.01. The SMILES string of the molecule is Oc1ccc(Cl)cc1-c1nc(C2CCCO2)no1. The number of phenolic OH excluding ortho intramolecular Hbond substituents is 1. The molecule has 1 atom stereocenters. The zero-order chi connectivity index (χ0) is 12.5. The average molecular weight is 267 g/mol. The van der Waals surface area contributed by atoms with E-state index in [1.807, 2.05) is 0 Å². The van der Waals surface area contributed by atoms with Crippen molar-refractivity contribution in [3.05, 3.63) is 29.0 Å². The quantitative estimate of drug-likeness (QED) is 0.905. The molecule has 1 N–H and O–H groups in total. The van der Waals surface area contributed by atoms with Crippen LogP contribution in [0.25, 0.3) is 11.5 Å². The first-order valence-corrected chi connectivity index (χ1v) is 6.06. The number of hydrogen-bond donors (Lipinski definition) is 1. The minimum absolute atomic E-state index is 0.0574. The molecule has 1 aliphatic heterocycles. The van der Waals surface area contributed by atoms with E-state index >= 15 is 0 Å². The van der Waals surface area contributed by atoms with Gasteiger partial charge in [-0.3, -0.25) is 0 Å². The molecule has 1 aromatic heterocycles. The Morgan fingerprint density at radius 1 is 1.39 bits per heavy atom. The zero-order valence-electron chi connectivity index (χ0n) is 9.47. The predicted octanol–water partition coefficient (Wildman–Crippen LogP) is 2.95. The third-order valence-electron chi connectivity index (χ3n) is 2.85. The van der Waals surface area contributed by atoms with Crippen LogP contribution in [0.4, 0.5) is 0 Å². The number of aromatic nitrogens is 2. The Labute approximate surface area is 108 Å². The van der Waals surface area contributed by atoms with Crippen LogP contribution in [-0.2, 0) is 4.74 Å². The van der Waals surface area contributed by atoms with E-state index in [1.165, 1.54) is 6.07 Å². The standard InChI is InChI=1S/C12H11ClN2O3/c13-7-3-4-9(16)8(6-7)12-14-11(15-18-12)10-2-1-5-17-10/h3-4,6,10,16H,1-2,5H2. The summed E-state index contributed by atoms with van der Waals surface area (Å²) < 4.78 is 10.6. The van der Waals surface area contributed by atoms with Gasteiger partial charge >= 0.3 is 0 Å². The molecule has 0 spiro atoms. The molecule has 3 rings (SSSR count). The number of phenols is 1. The molecule has 1 unspecified atom stereocenters. The molecule has 1 aromatic carbocycles. The minimum Gasteiger partial charge on any atom is -0.507 e. The van der Waals surface area contributed by atoms with Gasteiger partial charge in [0.15, 0.2) is 0 Å². The highest BCUT2D eigenvalue weighted by Gasteiger charge is 2.24. The molecule has 6 heteroatoms. The van der Waals surface area contributed by atoms with Gasteiger partial charge in [0.25, 0.3) is 5.89 Å². The second-order valence-corrected chi connectivity index (χ2v) is 4.56. The number of halogens is 1. The molecule has 0 radical (unpaired) electrons. The van der Waals surface area contributed by atoms with Crippen molar-refractivity contribution >= 4 is 11.6 Å². The van der Waals surface area contributed by atoms with Gasteiger partial charge in [-0.25, -0.2) is 0 Å². The molecule has 0 bridgehead atoms. The highest BCUT2D eigenvalue weighted by Crippen LogP contribution is 2.33. The fraction of sp³-hybridized carbons (Fsp3) is 0.333. The van der Waals surface area contributed by atoms with Crippen LogP contribution in [0.15, 0.2) is 22.7 Å². The van der Waals surface area contributed by atoms with Crippen molar-refractivity contribution in [2.45, 2.75) is 18.9 Å². The van der Waals surface area contributed by atoms with Gasteiger partial charge in [-0.05, 0) is 31.0 Å². The van der Waals surface area contributed by atoms with Crippen LogP contribution in [0.2, 0.25) is 5.02 Å². The first kappa shape index (κ1) is 11.5. The number of ether oxygens (including phenoxy) is 1. The highest BCUT2D eigenvalue weighted by atomic mass is 35.5. The van der Waals surface area contributed by atoms with Gasteiger partial charge in [0, 0.05) is 11.6 Å². The molecule has 0 amide bonds. The molecule has 94 valence electrons. The van der Waals surface area contributed by atoms with Gasteiger partial charge in [-0.1, -0.05) is 16.8 Å². The molecular weight excluding hydrogens is 256 g/mol. The fourth-order valence-corrected chi connectivity index (χ4v) is 2.11. The molecule has 2 heterocycles. The Balaban J connectivity index is 1.94. The van der Waals surface area contributed by atoms with Gasteiger partial charge < -0.3 is 14.4 Å². The van der Waals surface area contributed by atoms with E-state index < -0.39 is 0 Å². The van der Waals surface area contributed by atoms with Crippen molar-refractivity contribution in [3.8, 4) is 17.2 Å². The number of rotatable bonds is 2. The maximum absolute atomic E-state index is 9.75. The van der Waals surface area contributed by atoms with Crippen molar-refractivity contribution in [1.82, 2.24) is 10.1 Å². The second-order valence-electron chi connectivity index (χ2n) is 4.12. The van der Waals surface area contributed by atoms with Crippen LogP contribution in [0, 0.1) is 0 Å². The molecule has 18 heavy (non-hydrogen) atoms. The van der Waals surface area contributed by atoms with Crippen LogP contribution in [0.1, 0.15) is 24.8 Å². The Morgan fingerprint density at radius 2 is 2.28 bits per heavy atom. The van der Waals surface area contributed by atoms with E-state index in [-0.39, 0.29) is 17.7 Å². The van der Waals surface area contributed by atoms with Gasteiger partial charge in [0.05, 0.1) is 5.56 Å². The third kappa shape index (κ3) is 2.07. The van der Waals surface area contributed by atoms with Crippen molar-refractivity contribution in [3.63, 3.8) is 0 Å². The molecule has 1 aliphatic rings. The van der Waals surface area contributed by atoms with Crippen LogP contribution in [0.3, 0.4) is 0 Å². The van der Waals surface area contributed by atoms with Gasteiger partial charge in [0.1, 0.15) is 11.9 Å². The summed E-state index contributed by atoms with van der Waals surface area (Å²) in [6.07, 6.45) is 1.78. The molecule has 0 aliphatic carbocycles. The summed E-state index contributed by atoms with van der Waals surface area (Å²) in [6, 6.07) is 4.68. The molecule has 5 nitrogen and oxygen atoms in total.